The molecule has 2 nitrogen and oxygen atoms in total. The lowest BCUT2D eigenvalue weighted by molar-refractivity contribution is -0.108. The number of hydrogen-bond donors (Lipinski definition) is 0. The summed E-state index contributed by atoms with van der Waals surface area (Å²) in [5, 5.41) is 0. The van der Waals surface area contributed by atoms with Crippen molar-refractivity contribution in [1.82, 2.24) is 0 Å². The largest absolute Gasteiger partial charge is 0.356 e. The third-order valence-electron chi connectivity index (χ3n) is 10.9. The highest BCUT2D eigenvalue weighted by Gasteiger charge is 2.59. The molecule has 0 amide bonds. The van der Waals surface area contributed by atoms with Crippen LogP contribution >= 0.6 is 0 Å². The SMILES string of the molecule is CCOCO[C@H]1CC[C@@]2(C)C(=CC[C@H]3[C@@H]4CC[C@H]([C@H](C)CCCC(C)C)[C@@]4(C)CC[C@@H]32)C1. The maximum absolute atomic E-state index is 6.06. The first kappa shape index (κ1) is 24.8. The molecule has 8 atom stereocenters. The van der Waals surface area contributed by atoms with Crippen molar-refractivity contribution in [2.24, 2.45) is 46.3 Å². The first-order chi connectivity index (χ1) is 15.3. The van der Waals surface area contributed by atoms with Crippen molar-refractivity contribution in [3.05, 3.63) is 11.6 Å². The van der Waals surface area contributed by atoms with E-state index in [1.807, 2.05) is 6.92 Å². The molecule has 4 aliphatic rings. The average Bonchev–Trinajstić information content (AvgIpc) is 3.11. The fraction of sp³-hybridized carbons (Fsp3) is 0.933. The fourth-order valence-electron chi connectivity index (χ4n) is 9.02. The van der Waals surface area contributed by atoms with Crippen LogP contribution in [0.3, 0.4) is 0 Å². The molecule has 184 valence electrons. The third-order valence-corrected chi connectivity index (χ3v) is 10.9. The Hall–Kier alpha value is -0.340. The Morgan fingerprint density at radius 1 is 1.00 bits per heavy atom. The molecular weight excluding hydrogens is 392 g/mol. The first-order valence-corrected chi connectivity index (χ1v) is 14.2. The molecule has 0 heterocycles. The summed E-state index contributed by atoms with van der Waals surface area (Å²) in [5.41, 5.74) is 2.75. The molecule has 0 aromatic carbocycles. The molecule has 0 spiro atoms. The Morgan fingerprint density at radius 3 is 2.56 bits per heavy atom. The van der Waals surface area contributed by atoms with Gasteiger partial charge in [-0.15, -0.1) is 0 Å². The monoisotopic (exact) mass is 444 g/mol. The molecule has 4 rings (SSSR count). The van der Waals surface area contributed by atoms with Crippen molar-refractivity contribution in [2.75, 3.05) is 13.4 Å². The van der Waals surface area contributed by atoms with E-state index in [1.165, 1.54) is 64.2 Å². The Labute approximate surface area is 199 Å². The highest BCUT2D eigenvalue weighted by Crippen LogP contribution is 2.67. The highest BCUT2D eigenvalue weighted by atomic mass is 16.7. The lowest BCUT2D eigenvalue weighted by Crippen LogP contribution is -2.51. The predicted octanol–water partition coefficient (Wildman–Crippen LogP) is 8.41. The zero-order valence-corrected chi connectivity index (χ0v) is 22.1. The molecule has 0 aromatic heterocycles. The smallest absolute Gasteiger partial charge is 0.147 e. The number of fused-ring (bicyclic) bond motifs is 5. The Balaban J connectivity index is 1.42. The maximum atomic E-state index is 6.06. The second kappa shape index (κ2) is 10.1. The first-order valence-electron chi connectivity index (χ1n) is 14.2. The van der Waals surface area contributed by atoms with Gasteiger partial charge in [-0.3, -0.25) is 0 Å². The second-order valence-electron chi connectivity index (χ2n) is 12.9. The van der Waals surface area contributed by atoms with Crippen molar-refractivity contribution in [2.45, 2.75) is 118 Å². The van der Waals surface area contributed by atoms with E-state index in [1.54, 1.807) is 5.57 Å². The number of allylic oxidation sites excluding steroid dienone is 1. The molecule has 4 aliphatic carbocycles. The molecule has 0 N–H and O–H groups in total. The average molecular weight is 445 g/mol. The van der Waals surface area contributed by atoms with Crippen LogP contribution in [0.2, 0.25) is 0 Å². The molecule has 0 aromatic rings. The van der Waals surface area contributed by atoms with E-state index < -0.39 is 0 Å². The molecule has 3 saturated carbocycles. The number of ether oxygens (including phenoxy) is 2. The van der Waals surface area contributed by atoms with Crippen LogP contribution in [-0.4, -0.2) is 19.5 Å². The predicted molar refractivity (Wildman–Crippen MR) is 134 cm³/mol. The topological polar surface area (TPSA) is 18.5 Å². The van der Waals surface area contributed by atoms with Crippen molar-refractivity contribution in [3.8, 4) is 0 Å². The standard InChI is InChI=1S/C30H52O2/c1-7-31-20-32-24-15-17-29(5)23(19-24)11-12-25-27-14-13-26(22(4)10-8-9-21(2)3)30(27,6)18-16-28(25)29/h11,21-22,24-28H,7-10,12-20H2,1-6H3/t22-,24+,25+,26-,27+,28+,29+,30-/m1/s1. The summed E-state index contributed by atoms with van der Waals surface area (Å²) < 4.78 is 11.5. The molecule has 0 saturated heterocycles. The summed E-state index contributed by atoms with van der Waals surface area (Å²) in [5.74, 6) is 5.51. The second-order valence-corrected chi connectivity index (χ2v) is 12.9. The van der Waals surface area contributed by atoms with Crippen molar-refractivity contribution in [3.63, 3.8) is 0 Å². The van der Waals surface area contributed by atoms with Crippen LogP contribution in [0, 0.1) is 46.3 Å². The van der Waals surface area contributed by atoms with Gasteiger partial charge in [-0.25, -0.2) is 0 Å². The van der Waals surface area contributed by atoms with Crippen LogP contribution in [0.25, 0.3) is 0 Å². The van der Waals surface area contributed by atoms with Crippen LogP contribution in [0.5, 0.6) is 0 Å². The summed E-state index contributed by atoms with van der Waals surface area (Å²) in [4.78, 5) is 0. The highest BCUT2D eigenvalue weighted by molar-refractivity contribution is 5.25. The Morgan fingerprint density at radius 2 is 1.81 bits per heavy atom. The van der Waals surface area contributed by atoms with E-state index in [4.69, 9.17) is 9.47 Å². The van der Waals surface area contributed by atoms with Crippen LogP contribution in [0.4, 0.5) is 0 Å². The van der Waals surface area contributed by atoms with E-state index in [2.05, 4.69) is 40.7 Å². The summed E-state index contributed by atoms with van der Waals surface area (Å²) in [6.45, 7) is 15.9. The minimum atomic E-state index is 0.369. The van der Waals surface area contributed by atoms with Gasteiger partial charge in [-0.2, -0.15) is 0 Å². The summed E-state index contributed by atoms with van der Waals surface area (Å²) in [6, 6.07) is 0. The van der Waals surface area contributed by atoms with E-state index in [-0.39, 0.29) is 0 Å². The summed E-state index contributed by atoms with van der Waals surface area (Å²) in [6.07, 6.45) is 18.3. The molecular formula is C30H52O2. The van der Waals surface area contributed by atoms with Gasteiger partial charge < -0.3 is 9.47 Å². The van der Waals surface area contributed by atoms with Gasteiger partial charge in [0.15, 0.2) is 0 Å². The van der Waals surface area contributed by atoms with Crippen LogP contribution < -0.4 is 0 Å². The van der Waals surface area contributed by atoms with Gasteiger partial charge in [-0.05, 0) is 105 Å². The van der Waals surface area contributed by atoms with E-state index in [0.29, 0.717) is 23.7 Å². The van der Waals surface area contributed by atoms with E-state index >= 15 is 0 Å². The van der Waals surface area contributed by atoms with E-state index in [9.17, 15) is 0 Å². The molecule has 0 radical (unpaired) electrons. The van der Waals surface area contributed by atoms with Crippen molar-refractivity contribution < 1.29 is 9.47 Å². The zero-order valence-electron chi connectivity index (χ0n) is 22.1. The normalized spacial score (nSPS) is 42.2. The fourth-order valence-corrected chi connectivity index (χ4v) is 9.02. The minimum Gasteiger partial charge on any atom is -0.356 e. The third kappa shape index (κ3) is 4.61. The molecule has 0 aliphatic heterocycles. The lowest BCUT2D eigenvalue weighted by Gasteiger charge is -2.58. The molecule has 0 bridgehead atoms. The van der Waals surface area contributed by atoms with Gasteiger partial charge in [-0.1, -0.05) is 65.5 Å². The molecule has 2 heteroatoms. The van der Waals surface area contributed by atoms with Crippen LogP contribution in [0.1, 0.15) is 112 Å². The maximum Gasteiger partial charge on any atom is 0.147 e. The molecule has 32 heavy (non-hydrogen) atoms. The van der Waals surface area contributed by atoms with Gasteiger partial charge in [0.05, 0.1) is 6.10 Å². The zero-order chi connectivity index (χ0) is 22.9. The molecule has 0 unspecified atom stereocenters. The van der Waals surface area contributed by atoms with Gasteiger partial charge >= 0.3 is 0 Å². The number of rotatable bonds is 9. The van der Waals surface area contributed by atoms with Crippen LogP contribution in [-0.2, 0) is 9.47 Å². The minimum absolute atomic E-state index is 0.369. The molecule has 3 fully saturated rings. The lowest BCUT2D eigenvalue weighted by atomic mass is 9.47. The quantitative estimate of drug-likeness (QED) is 0.202. The van der Waals surface area contributed by atoms with Gasteiger partial charge in [0.1, 0.15) is 6.79 Å². The van der Waals surface area contributed by atoms with Crippen molar-refractivity contribution in [1.29, 1.82) is 0 Å². The van der Waals surface area contributed by atoms with E-state index in [0.717, 1.165) is 48.5 Å². The number of hydrogen-bond acceptors (Lipinski definition) is 2. The summed E-state index contributed by atoms with van der Waals surface area (Å²) >= 11 is 0. The Kier molecular flexibility index (Phi) is 7.82. The van der Waals surface area contributed by atoms with Crippen molar-refractivity contribution >= 4 is 0 Å². The van der Waals surface area contributed by atoms with Gasteiger partial charge in [0, 0.05) is 6.61 Å². The van der Waals surface area contributed by atoms with Gasteiger partial charge in [0.25, 0.3) is 0 Å². The van der Waals surface area contributed by atoms with Crippen LogP contribution in [0.15, 0.2) is 11.6 Å². The summed E-state index contributed by atoms with van der Waals surface area (Å²) in [7, 11) is 0. The Bertz CT molecular complexity index is 653. The van der Waals surface area contributed by atoms with Gasteiger partial charge in [0.2, 0.25) is 0 Å².